The van der Waals surface area contributed by atoms with Crippen LogP contribution in [0.1, 0.15) is 29.3 Å². The minimum Gasteiger partial charge on any atom is -0.339 e. The average molecular weight is 349 g/mol. The summed E-state index contributed by atoms with van der Waals surface area (Å²) in [6.07, 6.45) is 1.94. The number of aromatic amines is 1. The monoisotopic (exact) mass is 349 g/mol. The Kier molecular flexibility index (Phi) is 4.05. The number of aryl methyl sites for hydroxylation is 2. The van der Waals surface area contributed by atoms with Crippen molar-refractivity contribution in [3.63, 3.8) is 0 Å². The SMILES string of the molecule is Cc1cc(C)n2nc(C(C)Sc3nc(-c4ccccc4)c[nH]3)nc2c1. The van der Waals surface area contributed by atoms with Gasteiger partial charge in [0.15, 0.2) is 16.6 Å². The van der Waals surface area contributed by atoms with E-state index in [1.165, 1.54) is 5.56 Å². The average Bonchev–Trinajstić information content (AvgIpc) is 3.22. The summed E-state index contributed by atoms with van der Waals surface area (Å²) < 4.78 is 1.90. The van der Waals surface area contributed by atoms with Gasteiger partial charge < -0.3 is 4.98 Å². The molecule has 0 bridgehead atoms. The fourth-order valence-corrected chi connectivity index (χ4v) is 3.66. The second-order valence-electron chi connectivity index (χ2n) is 6.13. The topological polar surface area (TPSA) is 58.9 Å². The summed E-state index contributed by atoms with van der Waals surface area (Å²) in [5.41, 5.74) is 5.24. The zero-order valence-electron chi connectivity index (χ0n) is 14.4. The van der Waals surface area contributed by atoms with E-state index in [-0.39, 0.29) is 5.25 Å². The molecule has 4 aromatic rings. The van der Waals surface area contributed by atoms with Crippen LogP contribution < -0.4 is 0 Å². The van der Waals surface area contributed by atoms with E-state index in [0.717, 1.165) is 33.6 Å². The Bertz CT molecular complexity index is 1020. The number of aromatic nitrogens is 5. The van der Waals surface area contributed by atoms with Gasteiger partial charge in [-0.05, 0) is 38.5 Å². The van der Waals surface area contributed by atoms with Gasteiger partial charge in [-0.3, -0.25) is 0 Å². The van der Waals surface area contributed by atoms with Crippen molar-refractivity contribution >= 4 is 17.4 Å². The first-order valence-electron chi connectivity index (χ1n) is 8.21. The van der Waals surface area contributed by atoms with E-state index < -0.39 is 0 Å². The molecule has 0 saturated carbocycles. The van der Waals surface area contributed by atoms with Crippen LogP contribution in [0.15, 0.2) is 53.8 Å². The minimum atomic E-state index is 0.106. The third kappa shape index (κ3) is 3.17. The van der Waals surface area contributed by atoms with E-state index >= 15 is 0 Å². The van der Waals surface area contributed by atoms with Crippen molar-refractivity contribution in [1.29, 1.82) is 0 Å². The summed E-state index contributed by atoms with van der Waals surface area (Å²) >= 11 is 1.63. The van der Waals surface area contributed by atoms with Crippen molar-refractivity contribution in [3.8, 4) is 11.3 Å². The fourth-order valence-electron chi connectivity index (χ4n) is 2.84. The van der Waals surface area contributed by atoms with E-state index in [0.29, 0.717) is 0 Å². The molecule has 0 aliphatic heterocycles. The van der Waals surface area contributed by atoms with E-state index in [4.69, 9.17) is 0 Å². The lowest BCUT2D eigenvalue weighted by Gasteiger charge is -2.03. The fraction of sp³-hybridized carbons (Fsp3) is 0.211. The molecule has 4 rings (SSSR count). The highest BCUT2D eigenvalue weighted by Crippen LogP contribution is 2.32. The molecule has 0 aliphatic rings. The van der Waals surface area contributed by atoms with Crippen molar-refractivity contribution in [1.82, 2.24) is 24.6 Å². The molecule has 0 fully saturated rings. The quantitative estimate of drug-likeness (QED) is 0.548. The summed E-state index contributed by atoms with van der Waals surface area (Å²) in [7, 11) is 0. The number of rotatable bonds is 4. The number of nitrogens with zero attached hydrogens (tertiary/aromatic N) is 4. The van der Waals surface area contributed by atoms with Crippen LogP contribution in [0.5, 0.6) is 0 Å². The van der Waals surface area contributed by atoms with Gasteiger partial charge in [-0.15, -0.1) is 5.10 Å². The van der Waals surface area contributed by atoms with Crippen LogP contribution in [0.4, 0.5) is 0 Å². The molecular weight excluding hydrogens is 330 g/mol. The number of hydrogen-bond acceptors (Lipinski definition) is 4. The molecule has 0 spiro atoms. The molecule has 1 unspecified atom stereocenters. The highest BCUT2D eigenvalue weighted by atomic mass is 32.2. The van der Waals surface area contributed by atoms with Crippen molar-refractivity contribution in [2.75, 3.05) is 0 Å². The molecule has 1 atom stereocenters. The van der Waals surface area contributed by atoms with Gasteiger partial charge in [0.25, 0.3) is 0 Å². The summed E-state index contributed by atoms with van der Waals surface area (Å²) in [5, 5.41) is 5.64. The standard InChI is InChI=1S/C19H19N5S/c1-12-9-13(2)24-17(10-12)22-18(23-24)14(3)25-19-20-11-16(21-19)15-7-5-4-6-8-15/h4-11,14H,1-3H3,(H,20,21). The predicted octanol–water partition coefficient (Wildman–Crippen LogP) is 4.59. The van der Waals surface area contributed by atoms with Gasteiger partial charge in [0.05, 0.1) is 10.9 Å². The molecule has 6 heteroatoms. The maximum atomic E-state index is 4.68. The van der Waals surface area contributed by atoms with Crippen LogP contribution in [-0.4, -0.2) is 24.6 Å². The van der Waals surface area contributed by atoms with Gasteiger partial charge in [-0.2, -0.15) is 0 Å². The van der Waals surface area contributed by atoms with Crippen molar-refractivity contribution < 1.29 is 0 Å². The van der Waals surface area contributed by atoms with Crippen molar-refractivity contribution in [2.24, 2.45) is 0 Å². The molecule has 0 radical (unpaired) electrons. The number of imidazole rings is 1. The Morgan fingerprint density at radius 3 is 2.68 bits per heavy atom. The largest absolute Gasteiger partial charge is 0.339 e. The zero-order valence-corrected chi connectivity index (χ0v) is 15.2. The number of hydrogen-bond donors (Lipinski definition) is 1. The van der Waals surface area contributed by atoms with Crippen LogP contribution in [0.25, 0.3) is 16.9 Å². The molecular formula is C19H19N5S. The van der Waals surface area contributed by atoms with E-state index in [2.05, 4.69) is 65.1 Å². The van der Waals surface area contributed by atoms with Crippen LogP contribution >= 0.6 is 11.8 Å². The third-order valence-corrected chi connectivity index (χ3v) is 5.05. The maximum Gasteiger partial charge on any atom is 0.166 e. The number of thioether (sulfide) groups is 1. The van der Waals surface area contributed by atoms with E-state index in [1.807, 2.05) is 28.9 Å². The van der Waals surface area contributed by atoms with Crippen LogP contribution in [0.2, 0.25) is 0 Å². The van der Waals surface area contributed by atoms with Gasteiger partial charge >= 0.3 is 0 Å². The van der Waals surface area contributed by atoms with E-state index in [9.17, 15) is 0 Å². The Balaban J connectivity index is 1.57. The summed E-state index contributed by atoms with van der Waals surface area (Å²) in [4.78, 5) is 12.6. The molecule has 1 aromatic carbocycles. The third-order valence-electron chi connectivity index (χ3n) is 4.05. The van der Waals surface area contributed by atoms with Gasteiger partial charge in [0, 0.05) is 17.5 Å². The lowest BCUT2D eigenvalue weighted by atomic mass is 10.2. The maximum absolute atomic E-state index is 4.68. The van der Waals surface area contributed by atoms with Crippen molar-refractivity contribution in [3.05, 3.63) is 65.7 Å². The predicted molar refractivity (Wildman–Crippen MR) is 101 cm³/mol. The molecule has 1 N–H and O–H groups in total. The molecule has 3 heterocycles. The van der Waals surface area contributed by atoms with E-state index in [1.54, 1.807) is 11.8 Å². The lowest BCUT2D eigenvalue weighted by molar-refractivity contribution is 0.847. The normalized spacial score (nSPS) is 12.6. The molecule has 25 heavy (non-hydrogen) atoms. The Morgan fingerprint density at radius 1 is 1.08 bits per heavy atom. The number of pyridine rings is 1. The number of H-pyrrole nitrogens is 1. The number of nitrogens with one attached hydrogen (secondary N) is 1. The number of fused-ring (bicyclic) bond motifs is 1. The Hall–Kier alpha value is -2.60. The first kappa shape index (κ1) is 15.9. The molecule has 0 aliphatic carbocycles. The van der Waals surface area contributed by atoms with Crippen LogP contribution in [0.3, 0.4) is 0 Å². The zero-order chi connectivity index (χ0) is 17.4. The molecule has 0 amide bonds. The van der Waals surface area contributed by atoms with Crippen LogP contribution in [-0.2, 0) is 0 Å². The van der Waals surface area contributed by atoms with Gasteiger partial charge in [-0.25, -0.2) is 14.5 Å². The van der Waals surface area contributed by atoms with Gasteiger partial charge in [0.2, 0.25) is 0 Å². The Labute approximate surface area is 150 Å². The molecule has 0 saturated heterocycles. The van der Waals surface area contributed by atoms with Gasteiger partial charge in [-0.1, -0.05) is 42.1 Å². The molecule has 3 aromatic heterocycles. The second-order valence-corrected chi connectivity index (χ2v) is 7.46. The minimum absolute atomic E-state index is 0.106. The van der Waals surface area contributed by atoms with Gasteiger partial charge in [0.1, 0.15) is 0 Å². The first-order chi connectivity index (χ1) is 12.1. The molecule has 5 nitrogen and oxygen atoms in total. The number of benzene rings is 1. The van der Waals surface area contributed by atoms with Crippen LogP contribution in [0, 0.1) is 13.8 Å². The highest BCUT2D eigenvalue weighted by molar-refractivity contribution is 7.99. The van der Waals surface area contributed by atoms with Crippen molar-refractivity contribution in [2.45, 2.75) is 31.2 Å². The summed E-state index contributed by atoms with van der Waals surface area (Å²) in [5.74, 6) is 0.816. The lowest BCUT2D eigenvalue weighted by Crippen LogP contribution is -1.96. The first-order valence-corrected chi connectivity index (χ1v) is 9.09. The second kappa shape index (κ2) is 6.37. The summed E-state index contributed by atoms with van der Waals surface area (Å²) in [6.45, 7) is 6.23. The smallest absolute Gasteiger partial charge is 0.166 e. The molecule has 126 valence electrons. The highest BCUT2D eigenvalue weighted by Gasteiger charge is 2.16. The Morgan fingerprint density at radius 2 is 1.88 bits per heavy atom. The summed E-state index contributed by atoms with van der Waals surface area (Å²) in [6, 6.07) is 14.3.